The summed E-state index contributed by atoms with van der Waals surface area (Å²) in [5, 5.41) is 0. The molecule has 6 heavy (non-hydrogen) atoms. The van der Waals surface area contributed by atoms with E-state index in [1.54, 1.807) is 0 Å². The summed E-state index contributed by atoms with van der Waals surface area (Å²) < 4.78 is 0. The Hall–Kier alpha value is 2.98. The van der Waals surface area contributed by atoms with Crippen LogP contribution in [0.3, 0.4) is 0 Å². The molecule has 0 fully saturated rings. The summed E-state index contributed by atoms with van der Waals surface area (Å²) in [6.45, 7) is 0. The summed E-state index contributed by atoms with van der Waals surface area (Å²) in [5.74, 6) is 0. The molecule has 0 aliphatic heterocycles. The van der Waals surface area contributed by atoms with Crippen LogP contribution in [0.1, 0.15) is 0 Å². The van der Waals surface area contributed by atoms with Gasteiger partial charge in [0.25, 0.3) is 0 Å². The first-order valence-corrected chi connectivity index (χ1v) is 0. The molecule has 0 aromatic carbocycles. The average molecular weight is 343 g/mol. The maximum absolute atomic E-state index is 0. The Bertz CT molecular complexity index is 5.51. The SMILES string of the molecule is [Ba+2].[Ba+2].[OH-].[OH-].[OH-].[OH-]. The van der Waals surface area contributed by atoms with Crippen molar-refractivity contribution in [3.05, 3.63) is 0 Å². The van der Waals surface area contributed by atoms with E-state index >= 15 is 0 Å². The molecule has 0 bridgehead atoms. The fourth-order valence-electron chi connectivity index (χ4n) is 0. The Morgan fingerprint density at radius 2 is 0.333 bits per heavy atom. The Morgan fingerprint density at radius 3 is 0.333 bits per heavy atom. The smallest absolute Gasteiger partial charge is 0.870 e. The zero-order valence-corrected chi connectivity index (χ0v) is 12.1. The Morgan fingerprint density at radius 1 is 0.333 bits per heavy atom. The molecule has 32 valence electrons. The predicted octanol–water partition coefficient (Wildman–Crippen LogP) is -1.47. The van der Waals surface area contributed by atoms with Gasteiger partial charge < -0.3 is 21.9 Å². The third-order valence-electron chi connectivity index (χ3n) is 0. The third kappa shape index (κ3) is 28.1. The van der Waals surface area contributed by atoms with Gasteiger partial charge in [-0.25, -0.2) is 0 Å². The van der Waals surface area contributed by atoms with Crippen LogP contribution in [0.5, 0.6) is 0 Å². The first-order chi connectivity index (χ1) is 0. The third-order valence-corrected chi connectivity index (χ3v) is 0. The van der Waals surface area contributed by atoms with Gasteiger partial charge in [-0.15, -0.1) is 0 Å². The molecule has 0 saturated heterocycles. The van der Waals surface area contributed by atoms with Gasteiger partial charge in [0, 0.05) is 0 Å². The van der Waals surface area contributed by atoms with Crippen LogP contribution in [0.4, 0.5) is 0 Å². The second-order valence-corrected chi connectivity index (χ2v) is 0. The molecule has 4 N–H and O–H groups in total. The topological polar surface area (TPSA) is 120 Å². The van der Waals surface area contributed by atoms with Gasteiger partial charge >= 0.3 is 97.8 Å². The van der Waals surface area contributed by atoms with Crippen LogP contribution in [0, 0.1) is 0 Å². The van der Waals surface area contributed by atoms with Crippen molar-refractivity contribution < 1.29 is 21.9 Å². The van der Waals surface area contributed by atoms with Crippen LogP contribution >= 0.6 is 0 Å². The summed E-state index contributed by atoms with van der Waals surface area (Å²) in [6, 6.07) is 0. The molecule has 6 heteroatoms. The van der Waals surface area contributed by atoms with Crippen LogP contribution in [0.2, 0.25) is 0 Å². The van der Waals surface area contributed by atoms with Crippen molar-refractivity contribution >= 4 is 97.8 Å². The second-order valence-electron chi connectivity index (χ2n) is 0. The van der Waals surface area contributed by atoms with Crippen LogP contribution in [-0.2, 0) is 0 Å². The zero-order chi connectivity index (χ0) is 0. The first kappa shape index (κ1) is 64.3. The molecular formula is H4Ba2O4. The maximum Gasteiger partial charge on any atom is 2.00 e. The summed E-state index contributed by atoms with van der Waals surface area (Å²) in [7, 11) is 0. The standard InChI is InChI=1S/2Ba.4H2O/h;;4*1H2/q2*+2;;;;/p-4. The van der Waals surface area contributed by atoms with Crippen molar-refractivity contribution in [2.24, 2.45) is 0 Å². The molecule has 4 nitrogen and oxygen atoms in total. The summed E-state index contributed by atoms with van der Waals surface area (Å²) >= 11 is 0. The molecule has 0 heterocycles. The molecule has 0 rings (SSSR count). The van der Waals surface area contributed by atoms with E-state index < -0.39 is 0 Å². The van der Waals surface area contributed by atoms with Crippen molar-refractivity contribution in [1.29, 1.82) is 0 Å². The fourth-order valence-corrected chi connectivity index (χ4v) is 0. The molecule has 0 saturated carbocycles. The molecule has 0 radical (unpaired) electrons. The van der Waals surface area contributed by atoms with Crippen molar-refractivity contribution in [3.8, 4) is 0 Å². The molecule has 0 aromatic heterocycles. The van der Waals surface area contributed by atoms with Crippen LogP contribution in [0.15, 0.2) is 0 Å². The quantitative estimate of drug-likeness (QED) is 0.499. The van der Waals surface area contributed by atoms with E-state index in [9.17, 15) is 0 Å². The summed E-state index contributed by atoms with van der Waals surface area (Å²) in [6.07, 6.45) is 0. The van der Waals surface area contributed by atoms with Crippen molar-refractivity contribution in [3.63, 3.8) is 0 Å². The normalized spacial score (nSPS) is 0. The predicted molar refractivity (Wildman–Crippen MR) is 19.3 cm³/mol. The van der Waals surface area contributed by atoms with Crippen LogP contribution in [0.25, 0.3) is 0 Å². The molecule has 0 atom stereocenters. The van der Waals surface area contributed by atoms with E-state index in [4.69, 9.17) is 0 Å². The molecule has 0 spiro atoms. The molecule has 0 amide bonds. The van der Waals surface area contributed by atoms with Gasteiger partial charge in [0.15, 0.2) is 0 Å². The van der Waals surface area contributed by atoms with E-state index in [0.29, 0.717) is 0 Å². The van der Waals surface area contributed by atoms with E-state index in [0.717, 1.165) is 0 Å². The Balaban J connectivity index is 0. The second kappa shape index (κ2) is 43.7. The molecular weight excluding hydrogens is 339 g/mol. The van der Waals surface area contributed by atoms with E-state index in [2.05, 4.69) is 0 Å². The van der Waals surface area contributed by atoms with Gasteiger partial charge in [-0.3, -0.25) is 0 Å². The largest absolute Gasteiger partial charge is 2.00 e. The van der Waals surface area contributed by atoms with E-state index in [1.165, 1.54) is 0 Å². The van der Waals surface area contributed by atoms with Crippen LogP contribution in [-0.4, -0.2) is 120 Å². The molecule has 0 aliphatic rings. The minimum Gasteiger partial charge on any atom is -0.870 e. The minimum atomic E-state index is 0. The molecule has 0 unspecified atom stereocenters. The van der Waals surface area contributed by atoms with E-state index in [-0.39, 0.29) is 120 Å². The Kier molecular flexibility index (Phi) is 469. The fraction of sp³-hybridized carbons (Fsp3) is 0. The van der Waals surface area contributed by atoms with Gasteiger partial charge in [0.1, 0.15) is 0 Å². The van der Waals surface area contributed by atoms with E-state index in [1.807, 2.05) is 0 Å². The number of hydrogen-bond acceptors (Lipinski definition) is 4. The monoisotopic (exact) mass is 344 g/mol. The van der Waals surface area contributed by atoms with Gasteiger partial charge in [-0.05, 0) is 0 Å². The van der Waals surface area contributed by atoms with Gasteiger partial charge in [-0.2, -0.15) is 0 Å². The van der Waals surface area contributed by atoms with Crippen molar-refractivity contribution in [1.82, 2.24) is 0 Å². The van der Waals surface area contributed by atoms with Crippen molar-refractivity contribution in [2.45, 2.75) is 0 Å². The zero-order valence-electron chi connectivity index (χ0n) is 3.20. The number of rotatable bonds is 0. The average Bonchev–Trinajstić information content (AvgIpc) is 0. The molecule has 0 aromatic rings. The summed E-state index contributed by atoms with van der Waals surface area (Å²) in [4.78, 5) is 0. The maximum atomic E-state index is 0. The van der Waals surface area contributed by atoms with Gasteiger partial charge in [0.05, 0.1) is 0 Å². The summed E-state index contributed by atoms with van der Waals surface area (Å²) in [5.41, 5.74) is 0. The van der Waals surface area contributed by atoms with Gasteiger partial charge in [-0.1, -0.05) is 0 Å². The number of hydrogen-bond donors (Lipinski definition) is 0. The van der Waals surface area contributed by atoms with Crippen molar-refractivity contribution in [2.75, 3.05) is 0 Å². The minimum absolute atomic E-state index is 0. The van der Waals surface area contributed by atoms with Gasteiger partial charge in [0.2, 0.25) is 0 Å². The first-order valence-electron chi connectivity index (χ1n) is 0. The Labute approximate surface area is 116 Å². The molecule has 0 aliphatic carbocycles. The van der Waals surface area contributed by atoms with Crippen LogP contribution < -0.4 is 0 Å².